The van der Waals surface area contributed by atoms with Gasteiger partial charge < -0.3 is 20.1 Å². The Bertz CT molecular complexity index is 347. The maximum Gasteiger partial charge on any atom is 0.248 e. The van der Waals surface area contributed by atoms with Crippen molar-refractivity contribution in [2.75, 3.05) is 33.4 Å². The summed E-state index contributed by atoms with van der Waals surface area (Å²) >= 11 is 0. The van der Waals surface area contributed by atoms with Gasteiger partial charge in [0.1, 0.15) is 6.61 Å². The molecule has 102 valence electrons. The molecule has 2 atom stereocenters. The van der Waals surface area contributed by atoms with Crippen LogP contribution in [0.1, 0.15) is 19.3 Å². The van der Waals surface area contributed by atoms with E-state index >= 15 is 0 Å². The summed E-state index contributed by atoms with van der Waals surface area (Å²) in [5, 5.41) is 13.0. The van der Waals surface area contributed by atoms with E-state index in [9.17, 15) is 14.7 Å². The number of aliphatic hydroxyl groups excluding tert-OH is 1. The molecule has 2 heterocycles. The van der Waals surface area contributed by atoms with Gasteiger partial charge in [-0.05, 0) is 19.3 Å². The molecule has 2 aliphatic rings. The van der Waals surface area contributed by atoms with Gasteiger partial charge in [0.25, 0.3) is 0 Å². The van der Waals surface area contributed by atoms with Crippen molar-refractivity contribution in [3.8, 4) is 0 Å². The van der Waals surface area contributed by atoms with Gasteiger partial charge in [-0.15, -0.1) is 0 Å². The lowest BCUT2D eigenvalue weighted by atomic mass is 9.71. The van der Waals surface area contributed by atoms with Crippen molar-refractivity contribution in [2.24, 2.45) is 5.41 Å². The first-order valence-corrected chi connectivity index (χ1v) is 6.33. The average molecular weight is 256 g/mol. The van der Waals surface area contributed by atoms with Crippen LogP contribution >= 0.6 is 0 Å². The molecule has 0 bridgehead atoms. The number of carbonyl (C=O) groups is 2. The highest BCUT2D eigenvalue weighted by molar-refractivity contribution is 5.86. The molecule has 2 aliphatic heterocycles. The molecule has 0 aromatic rings. The zero-order valence-electron chi connectivity index (χ0n) is 10.6. The molecule has 0 radical (unpaired) electrons. The Labute approximate surface area is 106 Å². The number of aliphatic hydroxyl groups is 1. The first-order chi connectivity index (χ1) is 8.60. The monoisotopic (exact) mass is 256 g/mol. The Balaban J connectivity index is 2.13. The van der Waals surface area contributed by atoms with Crippen molar-refractivity contribution in [2.45, 2.75) is 25.4 Å². The third-order valence-corrected chi connectivity index (χ3v) is 3.94. The normalized spacial score (nSPS) is 32.4. The van der Waals surface area contributed by atoms with Crippen LogP contribution in [0.15, 0.2) is 0 Å². The van der Waals surface area contributed by atoms with Crippen LogP contribution in [-0.2, 0) is 14.3 Å². The fourth-order valence-corrected chi connectivity index (χ4v) is 2.87. The number of likely N-dealkylation sites (tertiary alicyclic amines) is 1. The predicted molar refractivity (Wildman–Crippen MR) is 63.8 cm³/mol. The lowest BCUT2D eigenvalue weighted by Gasteiger charge is -2.46. The van der Waals surface area contributed by atoms with E-state index in [0.29, 0.717) is 32.5 Å². The molecule has 0 aromatic carbocycles. The smallest absolute Gasteiger partial charge is 0.248 e. The number of ether oxygens (including phenoxy) is 1. The molecule has 0 unspecified atom stereocenters. The van der Waals surface area contributed by atoms with Crippen LogP contribution in [0.3, 0.4) is 0 Å². The van der Waals surface area contributed by atoms with Gasteiger partial charge >= 0.3 is 0 Å². The van der Waals surface area contributed by atoms with Gasteiger partial charge in [0.15, 0.2) is 0 Å². The molecule has 2 amide bonds. The van der Waals surface area contributed by atoms with Crippen LogP contribution in [0.5, 0.6) is 0 Å². The highest BCUT2D eigenvalue weighted by atomic mass is 16.5. The highest BCUT2D eigenvalue weighted by Crippen LogP contribution is 2.37. The topological polar surface area (TPSA) is 78.9 Å². The SMILES string of the molecule is COCC(=O)N1CC[C@H](O)[C@@]2(CCCNC2=O)C1. The van der Waals surface area contributed by atoms with Crippen LogP contribution in [0.2, 0.25) is 0 Å². The van der Waals surface area contributed by atoms with E-state index in [0.717, 1.165) is 6.42 Å². The summed E-state index contributed by atoms with van der Waals surface area (Å²) in [6, 6.07) is 0. The van der Waals surface area contributed by atoms with Crippen LogP contribution in [0, 0.1) is 5.41 Å². The van der Waals surface area contributed by atoms with E-state index in [1.165, 1.54) is 7.11 Å². The number of rotatable bonds is 2. The zero-order valence-corrected chi connectivity index (χ0v) is 10.6. The molecule has 2 rings (SSSR count). The van der Waals surface area contributed by atoms with Gasteiger partial charge in [-0.3, -0.25) is 9.59 Å². The molecular weight excluding hydrogens is 236 g/mol. The third-order valence-electron chi connectivity index (χ3n) is 3.94. The number of carbonyl (C=O) groups excluding carboxylic acids is 2. The van der Waals surface area contributed by atoms with Crippen LogP contribution in [0.25, 0.3) is 0 Å². The van der Waals surface area contributed by atoms with Gasteiger partial charge in [0.05, 0.1) is 11.5 Å². The van der Waals surface area contributed by atoms with E-state index in [4.69, 9.17) is 4.74 Å². The van der Waals surface area contributed by atoms with E-state index in [-0.39, 0.29) is 18.4 Å². The Morgan fingerprint density at radius 3 is 3.11 bits per heavy atom. The predicted octanol–water partition coefficient (Wildman–Crippen LogP) is -0.878. The van der Waals surface area contributed by atoms with Crippen molar-refractivity contribution >= 4 is 11.8 Å². The number of piperidine rings is 2. The molecule has 2 fully saturated rings. The second-order valence-electron chi connectivity index (χ2n) is 5.07. The molecule has 1 spiro atoms. The maximum atomic E-state index is 12.1. The van der Waals surface area contributed by atoms with Gasteiger partial charge in [-0.2, -0.15) is 0 Å². The van der Waals surface area contributed by atoms with Crippen LogP contribution in [-0.4, -0.2) is 61.3 Å². The average Bonchev–Trinajstić information content (AvgIpc) is 2.36. The molecule has 0 aromatic heterocycles. The van der Waals surface area contributed by atoms with Gasteiger partial charge in [-0.25, -0.2) is 0 Å². The summed E-state index contributed by atoms with van der Waals surface area (Å²) in [4.78, 5) is 25.5. The lowest BCUT2D eigenvalue weighted by Crippen LogP contribution is -2.62. The maximum absolute atomic E-state index is 12.1. The summed E-state index contributed by atoms with van der Waals surface area (Å²) in [5.41, 5.74) is -0.820. The largest absolute Gasteiger partial charge is 0.392 e. The summed E-state index contributed by atoms with van der Waals surface area (Å²) in [5.74, 6) is -0.252. The number of methoxy groups -OCH3 is 1. The van der Waals surface area contributed by atoms with E-state index in [2.05, 4.69) is 5.32 Å². The van der Waals surface area contributed by atoms with Gasteiger partial charge in [-0.1, -0.05) is 0 Å². The van der Waals surface area contributed by atoms with Gasteiger partial charge in [0, 0.05) is 26.7 Å². The minimum absolute atomic E-state index is 0.0216. The molecule has 0 saturated carbocycles. The van der Waals surface area contributed by atoms with Crippen molar-refractivity contribution in [1.82, 2.24) is 10.2 Å². The number of hydrogen-bond acceptors (Lipinski definition) is 4. The molecule has 0 aliphatic carbocycles. The fourth-order valence-electron chi connectivity index (χ4n) is 2.87. The number of amides is 2. The first-order valence-electron chi connectivity index (χ1n) is 6.33. The van der Waals surface area contributed by atoms with E-state index < -0.39 is 11.5 Å². The van der Waals surface area contributed by atoms with Crippen molar-refractivity contribution in [1.29, 1.82) is 0 Å². The minimum atomic E-state index is -0.820. The van der Waals surface area contributed by atoms with E-state index in [1.54, 1.807) is 4.90 Å². The standard InChI is InChI=1S/C12H20N2O4/c1-18-7-10(16)14-6-3-9(15)12(8-14)4-2-5-13-11(12)17/h9,15H,2-8H2,1H3,(H,13,17)/t9-,12+/m0/s1. The number of nitrogens with one attached hydrogen (secondary N) is 1. The molecule has 18 heavy (non-hydrogen) atoms. The molecule has 6 nitrogen and oxygen atoms in total. The highest BCUT2D eigenvalue weighted by Gasteiger charge is 2.50. The Kier molecular flexibility index (Phi) is 3.87. The molecular formula is C12H20N2O4. The molecule has 2 N–H and O–H groups in total. The number of hydrogen-bond donors (Lipinski definition) is 2. The summed E-state index contributed by atoms with van der Waals surface area (Å²) in [7, 11) is 1.47. The molecule has 2 saturated heterocycles. The zero-order chi connectivity index (χ0) is 13.2. The van der Waals surface area contributed by atoms with E-state index in [1.807, 2.05) is 0 Å². The van der Waals surface area contributed by atoms with Crippen LogP contribution < -0.4 is 5.32 Å². The minimum Gasteiger partial charge on any atom is -0.392 e. The van der Waals surface area contributed by atoms with Crippen molar-refractivity contribution < 1.29 is 19.4 Å². The van der Waals surface area contributed by atoms with Gasteiger partial charge in [0.2, 0.25) is 11.8 Å². The first kappa shape index (κ1) is 13.3. The fraction of sp³-hybridized carbons (Fsp3) is 0.833. The summed E-state index contributed by atoms with van der Waals surface area (Å²) < 4.78 is 4.83. The van der Waals surface area contributed by atoms with Crippen molar-refractivity contribution in [3.05, 3.63) is 0 Å². The Hall–Kier alpha value is -1.14. The Morgan fingerprint density at radius 1 is 1.67 bits per heavy atom. The third kappa shape index (κ3) is 2.22. The second kappa shape index (κ2) is 5.24. The Morgan fingerprint density at radius 2 is 2.44 bits per heavy atom. The summed E-state index contributed by atoms with van der Waals surface area (Å²) in [6.07, 6.45) is 1.26. The lowest BCUT2D eigenvalue weighted by molar-refractivity contribution is -0.156. The second-order valence-corrected chi connectivity index (χ2v) is 5.07. The van der Waals surface area contributed by atoms with Crippen molar-refractivity contribution in [3.63, 3.8) is 0 Å². The number of nitrogens with zero attached hydrogens (tertiary/aromatic N) is 1. The van der Waals surface area contributed by atoms with Crippen LogP contribution in [0.4, 0.5) is 0 Å². The summed E-state index contributed by atoms with van der Waals surface area (Å²) in [6.45, 7) is 1.45. The quantitative estimate of drug-likeness (QED) is 0.672. The molecule has 6 heteroatoms.